The Morgan fingerprint density at radius 3 is 2.90 bits per heavy atom. The first-order valence-corrected chi connectivity index (χ1v) is 7.55. The van der Waals surface area contributed by atoms with Crippen molar-refractivity contribution in [1.82, 2.24) is 4.98 Å². The van der Waals surface area contributed by atoms with Gasteiger partial charge in [0.2, 0.25) is 0 Å². The molecule has 0 amide bonds. The Balaban J connectivity index is 1.86. The first-order chi connectivity index (χ1) is 10.0. The molecule has 0 saturated carbocycles. The summed E-state index contributed by atoms with van der Waals surface area (Å²) in [6, 6.07) is 3.72. The van der Waals surface area contributed by atoms with Crippen molar-refractivity contribution in [3.05, 3.63) is 23.4 Å². The molecular formula is C16H20N2O3. The summed E-state index contributed by atoms with van der Waals surface area (Å²) in [4.78, 5) is 29.8. The zero-order valence-corrected chi connectivity index (χ0v) is 12.2. The third-order valence-electron chi connectivity index (χ3n) is 4.41. The van der Waals surface area contributed by atoms with E-state index in [1.807, 2.05) is 17.0 Å². The Hall–Kier alpha value is -1.91. The van der Waals surface area contributed by atoms with Crippen molar-refractivity contribution in [2.24, 2.45) is 11.8 Å². The molecule has 1 aromatic rings. The summed E-state index contributed by atoms with van der Waals surface area (Å²) in [5.74, 6) is 0.235. The van der Waals surface area contributed by atoms with E-state index in [4.69, 9.17) is 0 Å². The maximum atomic E-state index is 11.8. The van der Waals surface area contributed by atoms with E-state index in [1.165, 1.54) is 0 Å². The lowest BCUT2D eigenvalue weighted by Crippen LogP contribution is -2.43. The van der Waals surface area contributed by atoms with Gasteiger partial charge in [-0.05, 0) is 37.3 Å². The van der Waals surface area contributed by atoms with Crippen molar-refractivity contribution in [2.75, 3.05) is 18.0 Å². The number of rotatable bonds is 2. The van der Waals surface area contributed by atoms with Crippen LogP contribution in [0, 0.1) is 11.8 Å². The summed E-state index contributed by atoms with van der Waals surface area (Å²) < 4.78 is 0. The standard InChI is InChI=1S/C16H20N2O3/c1-10-7-11(16(20)21)9-18(8-10)15-6-5-12-13(17-15)3-2-4-14(12)19/h5-6,10-11H,2-4,7-9H2,1H3,(H,20,21). The molecule has 1 N–H and O–H groups in total. The van der Waals surface area contributed by atoms with Crippen molar-refractivity contribution >= 4 is 17.6 Å². The highest BCUT2D eigenvalue weighted by Crippen LogP contribution is 2.28. The lowest BCUT2D eigenvalue weighted by atomic mass is 9.90. The van der Waals surface area contributed by atoms with Crippen molar-refractivity contribution < 1.29 is 14.7 Å². The number of aromatic nitrogens is 1. The highest BCUT2D eigenvalue weighted by Gasteiger charge is 2.30. The van der Waals surface area contributed by atoms with Crippen LogP contribution in [0.1, 0.15) is 42.2 Å². The molecule has 0 bridgehead atoms. The summed E-state index contributed by atoms with van der Waals surface area (Å²) in [6.07, 6.45) is 3.02. The number of hydrogen-bond donors (Lipinski definition) is 1. The summed E-state index contributed by atoms with van der Waals surface area (Å²) in [5, 5.41) is 9.26. The molecule has 112 valence electrons. The molecule has 0 spiro atoms. The molecule has 2 heterocycles. The lowest BCUT2D eigenvalue weighted by Gasteiger charge is -2.35. The van der Waals surface area contributed by atoms with Gasteiger partial charge in [-0.2, -0.15) is 0 Å². The summed E-state index contributed by atoms with van der Waals surface area (Å²) in [7, 11) is 0. The molecule has 3 rings (SSSR count). The van der Waals surface area contributed by atoms with E-state index in [0.717, 1.165) is 42.9 Å². The molecule has 1 aromatic heterocycles. The smallest absolute Gasteiger partial charge is 0.308 e. The highest BCUT2D eigenvalue weighted by atomic mass is 16.4. The molecule has 5 heteroatoms. The van der Waals surface area contributed by atoms with Gasteiger partial charge in [-0.1, -0.05) is 6.92 Å². The van der Waals surface area contributed by atoms with Crippen LogP contribution < -0.4 is 4.90 Å². The second-order valence-electron chi connectivity index (χ2n) is 6.22. The van der Waals surface area contributed by atoms with E-state index in [0.29, 0.717) is 18.9 Å². The molecule has 0 aromatic carbocycles. The van der Waals surface area contributed by atoms with Crippen molar-refractivity contribution in [2.45, 2.75) is 32.6 Å². The number of anilines is 1. The number of carboxylic acids is 1. The number of aliphatic carboxylic acids is 1. The third-order valence-corrected chi connectivity index (χ3v) is 4.41. The molecule has 2 unspecified atom stereocenters. The van der Waals surface area contributed by atoms with Crippen molar-refractivity contribution in [3.63, 3.8) is 0 Å². The van der Waals surface area contributed by atoms with Crippen LogP contribution in [0.25, 0.3) is 0 Å². The van der Waals surface area contributed by atoms with Crippen LogP contribution in [0.15, 0.2) is 12.1 Å². The predicted molar refractivity (Wildman–Crippen MR) is 78.6 cm³/mol. The van der Waals surface area contributed by atoms with E-state index in [2.05, 4.69) is 11.9 Å². The molecule has 1 aliphatic carbocycles. The van der Waals surface area contributed by atoms with Crippen LogP contribution in [0.5, 0.6) is 0 Å². The van der Waals surface area contributed by atoms with Gasteiger partial charge >= 0.3 is 5.97 Å². The van der Waals surface area contributed by atoms with E-state index < -0.39 is 5.97 Å². The van der Waals surface area contributed by atoms with Gasteiger partial charge in [-0.15, -0.1) is 0 Å². The van der Waals surface area contributed by atoms with Gasteiger partial charge in [0.15, 0.2) is 5.78 Å². The Morgan fingerprint density at radius 2 is 2.14 bits per heavy atom. The number of fused-ring (bicyclic) bond motifs is 1. The van der Waals surface area contributed by atoms with Crippen LogP contribution in [-0.4, -0.2) is 34.9 Å². The number of pyridine rings is 1. The largest absolute Gasteiger partial charge is 0.481 e. The SMILES string of the molecule is CC1CC(C(=O)O)CN(c2ccc3c(n2)CCCC3=O)C1. The number of carbonyl (C=O) groups is 2. The van der Waals surface area contributed by atoms with E-state index in [1.54, 1.807) is 0 Å². The fourth-order valence-electron chi connectivity index (χ4n) is 3.38. The van der Waals surface area contributed by atoms with Crippen molar-refractivity contribution in [3.8, 4) is 0 Å². The van der Waals surface area contributed by atoms with Gasteiger partial charge in [0.25, 0.3) is 0 Å². The van der Waals surface area contributed by atoms with Crippen LogP contribution in [0.4, 0.5) is 5.82 Å². The average molecular weight is 288 g/mol. The van der Waals surface area contributed by atoms with E-state index in [9.17, 15) is 14.7 Å². The quantitative estimate of drug-likeness (QED) is 0.903. The maximum Gasteiger partial charge on any atom is 0.308 e. The molecule has 2 aliphatic rings. The second kappa shape index (κ2) is 5.47. The fraction of sp³-hybridized carbons (Fsp3) is 0.562. The topological polar surface area (TPSA) is 70.5 Å². The van der Waals surface area contributed by atoms with Crippen LogP contribution in [0.3, 0.4) is 0 Å². The van der Waals surface area contributed by atoms with Crippen LogP contribution in [-0.2, 0) is 11.2 Å². The second-order valence-corrected chi connectivity index (χ2v) is 6.22. The van der Waals surface area contributed by atoms with Crippen LogP contribution in [0.2, 0.25) is 0 Å². The van der Waals surface area contributed by atoms with E-state index in [-0.39, 0.29) is 11.7 Å². The molecule has 1 aliphatic heterocycles. The Bertz CT molecular complexity index is 585. The zero-order chi connectivity index (χ0) is 15.0. The van der Waals surface area contributed by atoms with Gasteiger partial charge in [0.1, 0.15) is 5.82 Å². The Morgan fingerprint density at radius 1 is 1.33 bits per heavy atom. The van der Waals surface area contributed by atoms with Gasteiger partial charge in [-0.25, -0.2) is 4.98 Å². The molecule has 5 nitrogen and oxygen atoms in total. The zero-order valence-electron chi connectivity index (χ0n) is 12.2. The molecule has 0 radical (unpaired) electrons. The van der Waals surface area contributed by atoms with Gasteiger partial charge in [0.05, 0.1) is 11.6 Å². The summed E-state index contributed by atoms with van der Waals surface area (Å²) in [6.45, 7) is 3.40. The number of carbonyl (C=O) groups excluding carboxylic acids is 1. The van der Waals surface area contributed by atoms with Gasteiger partial charge in [0, 0.05) is 25.1 Å². The van der Waals surface area contributed by atoms with Crippen molar-refractivity contribution in [1.29, 1.82) is 0 Å². The third kappa shape index (κ3) is 2.77. The molecule has 1 saturated heterocycles. The Labute approximate surface area is 124 Å². The first-order valence-electron chi connectivity index (χ1n) is 7.55. The maximum absolute atomic E-state index is 11.8. The molecule has 1 fully saturated rings. The minimum Gasteiger partial charge on any atom is -0.481 e. The fourth-order valence-corrected chi connectivity index (χ4v) is 3.38. The lowest BCUT2D eigenvalue weighted by molar-refractivity contribution is -0.142. The van der Waals surface area contributed by atoms with E-state index >= 15 is 0 Å². The number of aryl methyl sites for hydroxylation is 1. The number of Topliss-reactive ketones (excluding diaryl/α,β-unsaturated/α-hetero) is 1. The average Bonchev–Trinajstić information content (AvgIpc) is 2.46. The number of ketones is 1. The number of carboxylic acid groups (broad SMARTS) is 1. The first kappa shape index (κ1) is 14.0. The minimum atomic E-state index is -0.736. The minimum absolute atomic E-state index is 0.172. The number of piperidine rings is 1. The predicted octanol–water partition coefficient (Wildman–Crippen LogP) is 2.15. The normalized spacial score (nSPS) is 25.6. The molecule has 21 heavy (non-hydrogen) atoms. The number of nitrogens with zero attached hydrogens (tertiary/aromatic N) is 2. The summed E-state index contributed by atoms with van der Waals surface area (Å²) in [5.41, 5.74) is 1.61. The number of hydrogen-bond acceptors (Lipinski definition) is 4. The van der Waals surface area contributed by atoms with Gasteiger partial charge < -0.3 is 10.0 Å². The highest BCUT2D eigenvalue weighted by molar-refractivity contribution is 5.98. The van der Waals surface area contributed by atoms with Crippen LogP contribution >= 0.6 is 0 Å². The molecular weight excluding hydrogens is 268 g/mol. The van der Waals surface area contributed by atoms with Gasteiger partial charge in [-0.3, -0.25) is 9.59 Å². The monoisotopic (exact) mass is 288 g/mol. The summed E-state index contributed by atoms with van der Waals surface area (Å²) >= 11 is 0. The Kier molecular flexibility index (Phi) is 3.66. The molecule has 2 atom stereocenters.